The summed E-state index contributed by atoms with van der Waals surface area (Å²) in [4.78, 5) is -0.674. The largest absolute Gasteiger partial charge is 0.398 e. The molecule has 0 aliphatic carbocycles. The van der Waals surface area contributed by atoms with Crippen molar-refractivity contribution in [2.75, 3.05) is 5.73 Å². The van der Waals surface area contributed by atoms with E-state index in [2.05, 4.69) is 0 Å². The third kappa shape index (κ3) is 4.17. The van der Waals surface area contributed by atoms with E-state index in [1.165, 1.54) is 6.07 Å². The van der Waals surface area contributed by atoms with Crippen molar-refractivity contribution in [2.24, 2.45) is 10.3 Å². The van der Waals surface area contributed by atoms with E-state index in [9.17, 15) is 16.8 Å². The first-order valence-corrected chi connectivity index (χ1v) is 9.14. The van der Waals surface area contributed by atoms with Crippen molar-refractivity contribution in [3.8, 4) is 0 Å². The van der Waals surface area contributed by atoms with Crippen LogP contribution < -0.4 is 16.0 Å². The van der Waals surface area contributed by atoms with Crippen LogP contribution in [0.25, 0.3) is 0 Å². The third-order valence-corrected chi connectivity index (χ3v) is 4.82. The van der Waals surface area contributed by atoms with E-state index in [0.29, 0.717) is 12.0 Å². The van der Waals surface area contributed by atoms with Crippen LogP contribution in [0.5, 0.6) is 0 Å². The lowest BCUT2D eigenvalue weighted by Crippen LogP contribution is -2.19. The number of rotatable bonds is 6. The fourth-order valence-electron chi connectivity index (χ4n) is 1.90. The lowest BCUT2D eigenvalue weighted by molar-refractivity contribution is 0.594. The molecule has 20 heavy (non-hydrogen) atoms. The molecule has 0 aliphatic heterocycles. The minimum atomic E-state index is -4.10. The smallest absolute Gasteiger partial charge is 0.240 e. The number of hydrogen-bond acceptors (Lipinski definition) is 5. The summed E-state index contributed by atoms with van der Waals surface area (Å²) in [6.07, 6.45) is 3.10. The molecule has 0 aliphatic rings. The second-order valence-electron chi connectivity index (χ2n) is 4.54. The topological polar surface area (TPSA) is 146 Å². The zero-order chi connectivity index (χ0) is 15.6. The van der Waals surface area contributed by atoms with Gasteiger partial charge in [-0.2, -0.15) is 0 Å². The molecular formula is C11H19N3O4S2. The first-order valence-electron chi connectivity index (χ1n) is 6.05. The zero-order valence-electron chi connectivity index (χ0n) is 11.2. The number of anilines is 1. The van der Waals surface area contributed by atoms with Gasteiger partial charge in [0.25, 0.3) is 0 Å². The summed E-state index contributed by atoms with van der Waals surface area (Å²) in [6, 6.07) is 2.25. The Morgan fingerprint density at radius 3 is 1.95 bits per heavy atom. The van der Waals surface area contributed by atoms with Gasteiger partial charge in [-0.05, 0) is 30.5 Å². The summed E-state index contributed by atoms with van der Waals surface area (Å²) in [7, 11) is -8.15. The van der Waals surface area contributed by atoms with Crippen LogP contribution in [0.1, 0.15) is 31.7 Å². The molecule has 0 heterocycles. The fourth-order valence-corrected chi connectivity index (χ4v) is 3.45. The molecule has 1 aromatic rings. The molecule has 0 bridgehead atoms. The molecule has 0 spiro atoms. The first-order chi connectivity index (χ1) is 9.07. The number of nitrogen functional groups attached to an aromatic ring is 1. The maximum Gasteiger partial charge on any atom is 0.240 e. The van der Waals surface area contributed by atoms with Crippen LogP contribution in [0.4, 0.5) is 5.69 Å². The van der Waals surface area contributed by atoms with Crippen LogP contribution in [0.15, 0.2) is 21.9 Å². The molecule has 1 aromatic carbocycles. The Bertz CT molecular complexity index is 697. The molecule has 0 atom stereocenters. The van der Waals surface area contributed by atoms with Crippen LogP contribution in [0.3, 0.4) is 0 Å². The maximum absolute atomic E-state index is 11.6. The predicted octanol–water partition coefficient (Wildman–Crippen LogP) is 0.296. The SMILES string of the molecule is CCCCCc1cc(N)c(S(N)(=O)=O)cc1S(N)(=O)=O. The summed E-state index contributed by atoms with van der Waals surface area (Å²) >= 11 is 0. The van der Waals surface area contributed by atoms with E-state index in [-0.39, 0.29) is 10.6 Å². The number of aryl methyl sites for hydroxylation is 1. The summed E-state index contributed by atoms with van der Waals surface area (Å²) in [6.45, 7) is 2.01. The molecule has 0 saturated heterocycles. The van der Waals surface area contributed by atoms with Gasteiger partial charge < -0.3 is 5.73 Å². The van der Waals surface area contributed by atoms with Crippen LogP contribution in [0, 0.1) is 0 Å². The summed E-state index contributed by atoms with van der Waals surface area (Å²) in [5.41, 5.74) is 5.96. The summed E-state index contributed by atoms with van der Waals surface area (Å²) in [5.74, 6) is 0. The van der Waals surface area contributed by atoms with Crippen molar-refractivity contribution in [1.82, 2.24) is 0 Å². The maximum atomic E-state index is 11.6. The highest BCUT2D eigenvalue weighted by molar-refractivity contribution is 7.90. The van der Waals surface area contributed by atoms with Crippen molar-refractivity contribution in [1.29, 1.82) is 0 Å². The first kappa shape index (κ1) is 16.9. The normalized spacial score (nSPS) is 12.6. The average Bonchev–Trinajstić information content (AvgIpc) is 2.25. The number of nitrogens with two attached hydrogens (primary N) is 3. The zero-order valence-corrected chi connectivity index (χ0v) is 12.8. The van der Waals surface area contributed by atoms with E-state index in [1.54, 1.807) is 0 Å². The van der Waals surface area contributed by atoms with E-state index >= 15 is 0 Å². The number of sulfonamides is 2. The van der Waals surface area contributed by atoms with Crippen molar-refractivity contribution in [3.63, 3.8) is 0 Å². The van der Waals surface area contributed by atoms with Crippen LogP contribution in [-0.4, -0.2) is 16.8 Å². The van der Waals surface area contributed by atoms with Gasteiger partial charge in [0.1, 0.15) is 4.90 Å². The van der Waals surface area contributed by atoms with Gasteiger partial charge in [0.2, 0.25) is 20.0 Å². The van der Waals surface area contributed by atoms with Crippen molar-refractivity contribution < 1.29 is 16.8 Å². The lowest BCUT2D eigenvalue weighted by atomic mass is 10.1. The second-order valence-corrected chi connectivity index (χ2v) is 7.60. The van der Waals surface area contributed by atoms with Gasteiger partial charge in [-0.25, -0.2) is 27.1 Å². The standard InChI is InChI=1S/C11H19N3O4S2/c1-2-3-4-5-8-6-9(12)11(20(14,17)18)7-10(8)19(13,15)16/h6-7H,2-5,12H2,1H3,(H2,13,15,16)(H2,14,17,18). The molecule has 0 fully saturated rings. The molecule has 1 rings (SSSR count). The molecule has 0 aromatic heterocycles. The summed E-state index contributed by atoms with van der Waals surface area (Å²) < 4.78 is 45.9. The Kier molecular flexibility index (Phi) is 5.14. The van der Waals surface area contributed by atoms with Gasteiger partial charge in [-0.1, -0.05) is 19.8 Å². The van der Waals surface area contributed by atoms with E-state index in [1.807, 2.05) is 6.92 Å². The Hall–Kier alpha value is -1.16. The van der Waals surface area contributed by atoms with E-state index < -0.39 is 24.9 Å². The van der Waals surface area contributed by atoms with Gasteiger partial charge in [0.15, 0.2) is 0 Å². The number of unbranched alkanes of at least 4 members (excludes halogenated alkanes) is 2. The third-order valence-electron chi connectivity index (χ3n) is 2.86. The van der Waals surface area contributed by atoms with Crippen LogP contribution in [0.2, 0.25) is 0 Å². The molecule has 114 valence electrons. The van der Waals surface area contributed by atoms with Gasteiger partial charge in [0, 0.05) is 0 Å². The van der Waals surface area contributed by atoms with E-state index in [4.69, 9.17) is 16.0 Å². The molecule has 0 radical (unpaired) electrons. The number of primary sulfonamides is 2. The molecule has 0 unspecified atom stereocenters. The van der Waals surface area contributed by atoms with Crippen molar-refractivity contribution >= 4 is 25.7 Å². The highest BCUT2D eigenvalue weighted by Crippen LogP contribution is 2.26. The minimum Gasteiger partial charge on any atom is -0.398 e. The predicted molar refractivity (Wildman–Crippen MR) is 76.8 cm³/mol. The quantitative estimate of drug-likeness (QED) is 0.509. The van der Waals surface area contributed by atoms with Gasteiger partial charge in [-0.3, -0.25) is 0 Å². The molecule has 7 nitrogen and oxygen atoms in total. The van der Waals surface area contributed by atoms with E-state index in [0.717, 1.165) is 25.3 Å². The second kappa shape index (κ2) is 6.08. The minimum absolute atomic E-state index is 0.0774. The highest BCUT2D eigenvalue weighted by Gasteiger charge is 2.21. The highest BCUT2D eigenvalue weighted by atomic mass is 32.2. The monoisotopic (exact) mass is 321 g/mol. The molecule has 9 heteroatoms. The van der Waals surface area contributed by atoms with Crippen molar-refractivity contribution in [2.45, 2.75) is 42.4 Å². The molecule has 6 N–H and O–H groups in total. The van der Waals surface area contributed by atoms with Crippen LogP contribution in [-0.2, 0) is 26.5 Å². The van der Waals surface area contributed by atoms with Gasteiger partial charge in [0.05, 0.1) is 10.6 Å². The van der Waals surface area contributed by atoms with Gasteiger partial charge in [-0.15, -0.1) is 0 Å². The molecular weight excluding hydrogens is 302 g/mol. The number of hydrogen-bond donors (Lipinski definition) is 3. The molecule has 0 saturated carbocycles. The fraction of sp³-hybridized carbons (Fsp3) is 0.455. The Morgan fingerprint density at radius 1 is 0.950 bits per heavy atom. The summed E-state index contributed by atoms with van der Waals surface area (Å²) in [5, 5.41) is 10.1. The van der Waals surface area contributed by atoms with Gasteiger partial charge >= 0.3 is 0 Å². The Labute approximate surface area is 119 Å². The van der Waals surface area contributed by atoms with Crippen LogP contribution >= 0.6 is 0 Å². The Balaban J connectivity index is 3.42. The Morgan fingerprint density at radius 2 is 1.50 bits per heavy atom. The van der Waals surface area contributed by atoms with Crippen molar-refractivity contribution in [3.05, 3.63) is 17.7 Å². The average molecular weight is 321 g/mol. The number of benzene rings is 1. The molecule has 0 amide bonds. The lowest BCUT2D eigenvalue weighted by Gasteiger charge is -2.12.